The molecule has 1 aliphatic carbocycles. The van der Waals surface area contributed by atoms with Gasteiger partial charge in [-0.25, -0.2) is 8.78 Å². The van der Waals surface area contributed by atoms with Gasteiger partial charge in [-0.15, -0.1) is 0 Å². The van der Waals surface area contributed by atoms with E-state index in [4.69, 9.17) is 11.6 Å². The van der Waals surface area contributed by atoms with Gasteiger partial charge in [-0.2, -0.15) is 8.78 Å². The molecule has 2 aromatic carbocycles. The fourth-order valence-electron chi connectivity index (χ4n) is 4.12. The van der Waals surface area contributed by atoms with Crippen molar-refractivity contribution in [3.05, 3.63) is 64.2 Å². The first kappa shape index (κ1) is 22.9. The molecule has 0 N–H and O–H groups in total. The number of halogens is 6. The number of hydrogen-bond donors (Lipinski definition) is 0. The predicted molar refractivity (Wildman–Crippen MR) is 107 cm³/mol. The maximum absolute atomic E-state index is 14.6. The minimum absolute atomic E-state index is 0.0775. The third-order valence-electron chi connectivity index (χ3n) is 5.73. The van der Waals surface area contributed by atoms with Gasteiger partial charge in [0.05, 0.1) is 6.67 Å². The van der Waals surface area contributed by atoms with E-state index in [1.54, 1.807) is 0 Å². The second kappa shape index (κ2) is 9.99. The van der Waals surface area contributed by atoms with Crippen molar-refractivity contribution in [2.24, 2.45) is 5.92 Å². The van der Waals surface area contributed by atoms with E-state index in [-0.39, 0.29) is 18.3 Å². The summed E-state index contributed by atoms with van der Waals surface area (Å²) in [4.78, 5) is 0. The maximum atomic E-state index is 14.6. The van der Waals surface area contributed by atoms with Crippen LogP contribution in [-0.2, 0) is 6.11 Å². The van der Waals surface area contributed by atoms with Gasteiger partial charge < -0.3 is 4.74 Å². The third-order valence-corrected chi connectivity index (χ3v) is 5.98. The first-order valence-corrected chi connectivity index (χ1v) is 10.6. The van der Waals surface area contributed by atoms with Crippen LogP contribution in [0.1, 0.15) is 62.0 Å². The Hall–Kier alpha value is -1.82. The molecule has 0 amide bonds. The van der Waals surface area contributed by atoms with Gasteiger partial charge >= 0.3 is 6.11 Å². The molecule has 1 aliphatic rings. The monoisotopic (exact) mass is 446 g/mol. The van der Waals surface area contributed by atoms with E-state index in [2.05, 4.69) is 4.74 Å². The van der Waals surface area contributed by atoms with Crippen molar-refractivity contribution in [3.63, 3.8) is 0 Å². The molecule has 0 heterocycles. The quantitative estimate of drug-likeness (QED) is 0.293. The van der Waals surface area contributed by atoms with Crippen LogP contribution in [0.3, 0.4) is 0 Å². The zero-order chi connectivity index (χ0) is 21.7. The lowest BCUT2D eigenvalue weighted by Crippen LogP contribution is -2.25. The summed E-state index contributed by atoms with van der Waals surface area (Å²) in [6.07, 6.45) is 1.42. The van der Waals surface area contributed by atoms with E-state index in [1.165, 1.54) is 24.3 Å². The first-order chi connectivity index (χ1) is 14.3. The van der Waals surface area contributed by atoms with Crippen LogP contribution in [0.4, 0.5) is 22.0 Å². The van der Waals surface area contributed by atoms with Crippen LogP contribution in [0, 0.1) is 17.6 Å². The molecule has 0 saturated heterocycles. The number of ether oxygens (including phenoxy) is 1. The molecule has 0 bridgehead atoms. The van der Waals surface area contributed by atoms with Crippen LogP contribution < -0.4 is 4.74 Å². The Morgan fingerprint density at radius 3 is 2.10 bits per heavy atom. The third kappa shape index (κ3) is 5.65. The topological polar surface area (TPSA) is 9.23 Å². The highest BCUT2D eigenvalue weighted by Gasteiger charge is 2.41. The van der Waals surface area contributed by atoms with Gasteiger partial charge in [-0.05, 0) is 85.9 Å². The summed E-state index contributed by atoms with van der Waals surface area (Å²) in [6.45, 7) is -0.313. The summed E-state index contributed by atoms with van der Waals surface area (Å²) in [7, 11) is 0. The van der Waals surface area contributed by atoms with Gasteiger partial charge in [-0.3, -0.25) is 4.39 Å². The summed E-state index contributed by atoms with van der Waals surface area (Å²) >= 11 is 5.70. The molecular weight excluding hydrogens is 423 g/mol. The zero-order valence-corrected chi connectivity index (χ0v) is 17.2. The Kier molecular flexibility index (Phi) is 7.61. The predicted octanol–water partition coefficient (Wildman–Crippen LogP) is 8.16. The SMILES string of the molecule is FCCCCC1CCC(c2cc(F)c(C(F)(F)Oc3ccc(Cl)cc3)c(F)c2)CC1. The summed E-state index contributed by atoms with van der Waals surface area (Å²) in [5.41, 5.74) is -1.01. The molecule has 1 fully saturated rings. The van der Waals surface area contributed by atoms with E-state index in [0.717, 1.165) is 50.7 Å². The Labute approximate surface area is 178 Å². The van der Waals surface area contributed by atoms with Crippen molar-refractivity contribution in [1.29, 1.82) is 0 Å². The Morgan fingerprint density at radius 2 is 1.53 bits per heavy atom. The average molecular weight is 447 g/mol. The molecule has 0 unspecified atom stereocenters. The highest BCUT2D eigenvalue weighted by atomic mass is 35.5. The first-order valence-electron chi connectivity index (χ1n) is 10.2. The van der Waals surface area contributed by atoms with Gasteiger partial charge in [0, 0.05) is 5.02 Å². The second-order valence-electron chi connectivity index (χ2n) is 7.83. The Balaban J connectivity index is 1.70. The number of unbranched alkanes of at least 4 members (excludes halogenated alkanes) is 1. The molecule has 1 saturated carbocycles. The highest BCUT2D eigenvalue weighted by molar-refractivity contribution is 6.30. The van der Waals surface area contributed by atoms with Crippen molar-refractivity contribution < 1.29 is 26.7 Å². The number of benzene rings is 2. The van der Waals surface area contributed by atoms with Gasteiger partial charge in [0.15, 0.2) is 0 Å². The van der Waals surface area contributed by atoms with Crippen LogP contribution in [0.2, 0.25) is 5.02 Å². The summed E-state index contributed by atoms with van der Waals surface area (Å²) in [6, 6.07) is 7.07. The lowest BCUT2D eigenvalue weighted by atomic mass is 9.77. The fraction of sp³-hybridized carbons (Fsp3) is 0.478. The number of rotatable bonds is 8. The van der Waals surface area contributed by atoms with Gasteiger partial charge in [0.25, 0.3) is 0 Å². The molecule has 164 valence electrons. The van der Waals surface area contributed by atoms with Crippen LogP contribution in [0.25, 0.3) is 0 Å². The number of alkyl halides is 3. The van der Waals surface area contributed by atoms with Crippen molar-refractivity contribution in [3.8, 4) is 5.75 Å². The maximum Gasteiger partial charge on any atom is 0.432 e. The van der Waals surface area contributed by atoms with E-state index in [1.807, 2.05) is 0 Å². The molecule has 0 spiro atoms. The van der Waals surface area contributed by atoms with Gasteiger partial charge in [0.2, 0.25) is 0 Å². The molecule has 0 radical (unpaired) electrons. The summed E-state index contributed by atoms with van der Waals surface area (Å²) < 4.78 is 74.8. The standard InChI is InChI=1S/C23H24ClF5O/c24-18-8-10-19(11-9-18)30-23(28,29)22-20(26)13-17(14-21(22)27)16-6-4-15(5-7-16)3-1-2-12-25/h8-11,13-16H,1-7,12H2. The van der Waals surface area contributed by atoms with Gasteiger partial charge in [-0.1, -0.05) is 24.4 Å². The van der Waals surface area contributed by atoms with Crippen molar-refractivity contribution >= 4 is 11.6 Å². The van der Waals surface area contributed by atoms with Crippen LogP contribution in [0.15, 0.2) is 36.4 Å². The van der Waals surface area contributed by atoms with E-state index < -0.39 is 23.3 Å². The molecule has 1 nitrogen and oxygen atoms in total. The molecule has 0 aliphatic heterocycles. The highest BCUT2D eigenvalue weighted by Crippen LogP contribution is 2.41. The van der Waals surface area contributed by atoms with Crippen LogP contribution in [-0.4, -0.2) is 6.67 Å². The van der Waals surface area contributed by atoms with Crippen molar-refractivity contribution in [1.82, 2.24) is 0 Å². The molecular formula is C23H24ClF5O. The fourth-order valence-corrected chi connectivity index (χ4v) is 4.25. The summed E-state index contributed by atoms with van der Waals surface area (Å²) in [5.74, 6) is -2.49. The molecule has 3 rings (SSSR count). The normalized spacial score (nSPS) is 19.7. The van der Waals surface area contributed by atoms with E-state index in [9.17, 15) is 22.0 Å². The molecule has 0 atom stereocenters. The van der Waals surface area contributed by atoms with Crippen molar-refractivity contribution in [2.45, 2.75) is 57.0 Å². The smallest absolute Gasteiger partial charge is 0.429 e. The molecule has 7 heteroatoms. The van der Waals surface area contributed by atoms with Crippen LogP contribution in [0.5, 0.6) is 5.75 Å². The van der Waals surface area contributed by atoms with E-state index >= 15 is 0 Å². The zero-order valence-electron chi connectivity index (χ0n) is 16.5. The summed E-state index contributed by atoms with van der Waals surface area (Å²) in [5, 5.41) is 0.324. The second-order valence-corrected chi connectivity index (χ2v) is 8.27. The minimum Gasteiger partial charge on any atom is -0.429 e. The number of hydrogen-bond acceptors (Lipinski definition) is 1. The largest absolute Gasteiger partial charge is 0.432 e. The minimum atomic E-state index is -4.17. The average Bonchev–Trinajstić information content (AvgIpc) is 2.69. The molecule has 30 heavy (non-hydrogen) atoms. The Bertz CT molecular complexity index is 809. The van der Waals surface area contributed by atoms with E-state index in [0.29, 0.717) is 22.9 Å². The van der Waals surface area contributed by atoms with Gasteiger partial charge in [0.1, 0.15) is 22.9 Å². The van der Waals surface area contributed by atoms with Crippen LogP contribution >= 0.6 is 11.6 Å². The Morgan fingerprint density at radius 1 is 0.933 bits per heavy atom. The molecule has 2 aromatic rings. The van der Waals surface area contributed by atoms with Crippen molar-refractivity contribution in [2.75, 3.05) is 6.67 Å². The molecule has 0 aromatic heterocycles. The lowest BCUT2D eigenvalue weighted by molar-refractivity contribution is -0.189. The lowest BCUT2D eigenvalue weighted by Gasteiger charge is -2.29.